The van der Waals surface area contributed by atoms with Crippen LogP contribution in [0.15, 0.2) is 72.3 Å². The Morgan fingerprint density at radius 2 is 1.69 bits per heavy atom. The number of benzene rings is 3. The third-order valence-electron chi connectivity index (χ3n) is 6.01. The molecule has 1 atom stereocenters. The molecule has 4 rings (SSSR count). The molecule has 1 fully saturated rings. The lowest BCUT2D eigenvalue weighted by molar-refractivity contribution is -0.132. The van der Waals surface area contributed by atoms with Gasteiger partial charge in [-0.1, -0.05) is 12.1 Å². The third kappa shape index (κ3) is 4.49. The highest BCUT2D eigenvalue weighted by molar-refractivity contribution is 6.51. The molecular weight excluding hydrogens is 463 g/mol. The van der Waals surface area contributed by atoms with E-state index in [4.69, 9.17) is 9.47 Å². The van der Waals surface area contributed by atoms with E-state index in [0.29, 0.717) is 23.6 Å². The van der Waals surface area contributed by atoms with Gasteiger partial charge in [-0.25, -0.2) is 4.39 Å². The van der Waals surface area contributed by atoms with Crippen molar-refractivity contribution in [3.05, 3.63) is 89.2 Å². The van der Waals surface area contributed by atoms with Crippen LogP contribution < -0.4 is 19.3 Å². The van der Waals surface area contributed by atoms with Gasteiger partial charge in [0, 0.05) is 25.5 Å². The molecule has 1 unspecified atom stereocenters. The minimum Gasteiger partial charge on any atom is -0.507 e. The molecule has 0 spiro atoms. The summed E-state index contributed by atoms with van der Waals surface area (Å²) in [5.41, 5.74) is 1.80. The van der Waals surface area contributed by atoms with E-state index in [1.165, 1.54) is 24.1 Å². The number of aliphatic hydroxyl groups excluding tert-OH is 1. The van der Waals surface area contributed by atoms with Crippen LogP contribution in [-0.4, -0.2) is 44.6 Å². The van der Waals surface area contributed by atoms with Crippen LogP contribution in [0.2, 0.25) is 0 Å². The molecule has 1 aliphatic heterocycles. The monoisotopic (exact) mass is 490 g/mol. The van der Waals surface area contributed by atoms with E-state index < -0.39 is 29.3 Å². The van der Waals surface area contributed by atoms with Crippen LogP contribution in [0, 0.1) is 5.82 Å². The Kier molecular flexibility index (Phi) is 6.96. The van der Waals surface area contributed by atoms with Crippen LogP contribution in [0.4, 0.5) is 15.8 Å². The van der Waals surface area contributed by atoms with Crippen molar-refractivity contribution >= 4 is 28.8 Å². The van der Waals surface area contributed by atoms with Crippen molar-refractivity contribution < 1.29 is 28.6 Å². The number of ketones is 1. The molecule has 1 heterocycles. The standard InChI is InChI=1S/C28H27FN2O5/c1-5-36-21-13-11-20(12-14-21)31-25(17-6-9-19(10-7-17)30(2)3)24(27(33)28(31)34)26(32)22-16-18(29)8-15-23(22)35-4/h6-16,25,32H,5H2,1-4H3/b26-24+. The van der Waals surface area contributed by atoms with Crippen LogP contribution in [-0.2, 0) is 9.59 Å². The van der Waals surface area contributed by atoms with E-state index in [1.54, 1.807) is 36.4 Å². The van der Waals surface area contributed by atoms with Crippen LogP contribution in [0.5, 0.6) is 11.5 Å². The van der Waals surface area contributed by atoms with E-state index in [9.17, 15) is 19.1 Å². The highest BCUT2D eigenvalue weighted by Gasteiger charge is 2.47. The lowest BCUT2D eigenvalue weighted by Crippen LogP contribution is -2.29. The van der Waals surface area contributed by atoms with Crippen LogP contribution in [0.3, 0.4) is 0 Å². The van der Waals surface area contributed by atoms with Gasteiger partial charge in [0.2, 0.25) is 0 Å². The van der Waals surface area contributed by atoms with Gasteiger partial charge >= 0.3 is 0 Å². The molecule has 0 bridgehead atoms. The predicted molar refractivity (Wildman–Crippen MR) is 136 cm³/mol. The second-order valence-electron chi connectivity index (χ2n) is 8.43. The minimum absolute atomic E-state index is 0.0166. The normalized spacial score (nSPS) is 16.8. The van der Waals surface area contributed by atoms with Gasteiger partial charge in [0.1, 0.15) is 23.1 Å². The fourth-order valence-electron chi connectivity index (χ4n) is 4.25. The Morgan fingerprint density at radius 3 is 2.28 bits per heavy atom. The molecule has 0 aliphatic carbocycles. The average Bonchev–Trinajstić information content (AvgIpc) is 3.14. The van der Waals surface area contributed by atoms with Gasteiger partial charge in [0.25, 0.3) is 11.7 Å². The van der Waals surface area contributed by atoms with Crippen molar-refractivity contribution in [2.24, 2.45) is 0 Å². The fraction of sp³-hybridized carbons (Fsp3) is 0.214. The van der Waals surface area contributed by atoms with Crippen LogP contribution in [0.1, 0.15) is 24.1 Å². The number of halogens is 1. The highest BCUT2D eigenvalue weighted by Crippen LogP contribution is 2.43. The van der Waals surface area contributed by atoms with E-state index in [0.717, 1.165) is 11.8 Å². The van der Waals surface area contributed by atoms with Crippen molar-refractivity contribution in [3.63, 3.8) is 0 Å². The number of carbonyl (C=O) groups excluding carboxylic acids is 2. The number of aliphatic hydroxyl groups is 1. The summed E-state index contributed by atoms with van der Waals surface area (Å²) in [6, 6.07) is 16.7. The molecule has 1 amide bonds. The maximum atomic E-state index is 14.1. The van der Waals surface area contributed by atoms with Gasteiger partial charge in [-0.2, -0.15) is 0 Å². The Balaban J connectivity index is 1.92. The zero-order valence-corrected chi connectivity index (χ0v) is 20.5. The average molecular weight is 491 g/mol. The van der Waals surface area contributed by atoms with Gasteiger partial charge in [0.05, 0.1) is 30.9 Å². The smallest absolute Gasteiger partial charge is 0.300 e. The molecule has 7 nitrogen and oxygen atoms in total. The second-order valence-corrected chi connectivity index (χ2v) is 8.43. The zero-order chi connectivity index (χ0) is 26.0. The molecule has 8 heteroatoms. The van der Waals surface area contributed by atoms with E-state index in [-0.39, 0.29) is 16.9 Å². The zero-order valence-electron chi connectivity index (χ0n) is 20.5. The number of hydrogen-bond acceptors (Lipinski definition) is 6. The Morgan fingerprint density at radius 1 is 1.03 bits per heavy atom. The molecule has 186 valence electrons. The number of hydrogen-bond donors (Lipinski definition) is 1. The van der Waals surface area contributed by atoms with Crippen molar-refractivity contribution in [1.29, 1.82) is 0 Å². The molecule has 36 heavy (non-hydrogen) atoms. The number of carbonyl (C=O) groups is 2. The lowest BCUT2D eigenvalue weighted by atomic mass is 9.94. The van der Waals surface area contributed by atoms with Crippen molar-refractivity contribution in [1.82, 2.24) is 0 Å². The van der Waals surface area contributed by atoms with Gasteiger partial charge in [0.15, 0.2) is 0 Å². The largest absolute Gasteiger partial charge is 0.507 e. The SMILES string of the molecule is CCOc1ccc(N2C(=O)C(=O)/C(=C(/O)c3cc(F)ccc3OC)C2c2ccc(N(C)C)cc2)cc1. The van der Waals surface area contributed by atoms with Crippen LogP contribution >= 0.6 is 0 Å². The molecule has 0 radical (unpaired) electrons. The first-order valence-electron chi connectivity index (χ1n) is 11.4. The first kappa shape index (κ1) is 24.8. The summed E-state index contributed by atoms with van der Waals surface area (Å²) in [5, 5.41) is 11.3. The van der Waals surface area contributed by atoms with E-state index >= 15 is 0 Å². The summed E-state index contributed by atoms with van der Waals surface area (Å²) in [6.45, 7) is 2.35. The molecule has 1 aliphatic rings. The third-order valence-corrected chi connectivity index (χ3v) is 6.01. The maximum absolute atomic E-state index is 14.1. The van der Waals surface area contributed by atoms with E-state index in [1.807, 2.05) is 38.1 Å². The van der Waals surface area contributed by atoms with Gasteiger partial charge in [-0.15, -0.1) is 0 Å². The summed E-state index contributed by atoms with van der Waals surface area (Å²) >= 11 is 0. The highest BCUT2D eigenvalue weighted by atomic mass is 19.1. The number of methoxy groups -OCH3 is 1. The fourth-order valence-corrected chi connectivity index (χ4v) is 4.25. The molecule has 3 aromatic carbocycles. The minimum atomic E-state index is -0.952. The summed E-state index contributed by atoms with van der Waals surface area (Å²) in [6.07, 6.45) is 0. The first-order valence-corrected chi connectivity index (χ1v) is 11.4. The lowest BCUT2D eigenvalue weighted by Gasteiger charge is -2.26. The number of anilines is 2. The Hall–Kier alpha value is -4.33. The number of amides is 1. The quantitative estimate of drug-likeness (QED) is 0.288. The summed E-state index contributed by atoms with van der Waals surface area (Å²) < 4.78 is 24.9. The van der Waals surface area contributed by atoms with Gasteiger partial charge in [-0.05, 0) is 67.1 Å². The number of Topliss-reactive ketones (excluding diaryl/α,β-unsaturated/α-hetero) is 1. The second kappa shape index (κ2) is 10.1. The Labute approximate surface area is 209 Å². The first-order chi connectivity index (χ1) is 17.3. The molecule has 1 N–H and O–H groups in total. The predicted octanol–water partition coefficient (Wildman–Crippen LogP) is 4.93. The van der Waals surface area contributed by atoms with Crippen molar-refractivity contribution in [3.8, 4) is 11.5 Å². The van der Waals surface area contributed by atoms with Gasteiger partial charge in [-0.3, -0.25) is 14.5 Å². The maximum Gasteiger partial charge on any atom is 0.300 e. The number of rotatable bonds is 7. The van der Waals surface area contributed by atoms with Crippen molar-refractivity contribution in [2.75, 3.05) is 37.6 Å². The molecule has 3 aromatic rings. The topological polar surface area (TPSA) is 79.3 Å². The summed E-state index contributed by atoms with van der Waals surface area (Å²) in [4.78, 5) is 29.9. The molecule has 0 aromatic heterocycles. The van der Waals surface area contributed by atoms with Gasteiger partial charge < -0.3 is 19.5 Å². The van der Waals surface area contributed by atoms with E-state index in [2.05, 4.69) is 0 Å². The Bertz CT molecular complexity index is 1320. The molecular formula is C28H27FN2O5. The van der Waals surface area contributed by atoms with Crippen molar-refractivity contribution in [2.45, 2.75) is 13.0 Å². The van der Waals surface area contributed by atoms with Crippen LogP contribution in [0.25, 0.3) is 5.76 Å². The summed E-state index contributed by atoms with van der Waals surface area (Å²) in [5.74, 6) is -2.03. The number of nitrogens with zero attached hydrogens (tertiary/aromatic N) is 2. The number of ether oxygens (including phenoxy) is 2. The molecule has 1 saturated heterocycles. The summed E-state index contributed by atoms with van der Waals surface area (Å²) in [7, 11) is 5.18. The molecule has 0 saturated carbocycles.